The Morgan fingerprint density at radius 2 is 2.05 bits per heavy atom. The van der Waals surface area contributed by atoms with E-state index in [9.17, 15) is 24.8 Å². The van der Waals surface area contributed by atoms with Crippen molar-refractivity contribution in [3.05, 3.63) is 33.9 Å². The van der Waals surface area contributed by atoms with Gasteiger partial charge in [0.25, 0.3) is 0 Å². The van der Waals surface area contributed by atoms with Crippen LogP contribution in [0.4, 0.5) is 5.69 Å². The number of nitrogens with zero attached hydrogens (tertiary/aromatic N) is 1. The number of hydrogen-bond donors (Lipinski definition) is 2. The summed E-state index contributed by atoms with van der Waals surface area (Å²) < 4.78 is 0. The molecule has 7 heteroatoms. The summed E-state index contributed by atoms with van der Waals surface area (Å²) in [5.41, 5.74) is -0.187. The molecule has 1 rings (SSSR count). The zero-order chi connectivity index (χ0) is 16.0. The Bertz CT molecular complexity index is 554. The highest BCUT2D eigenvalue weighted by Gasteiger charge is 2.26. The van der Waals surface area contributed by atoms with Crippen molar-refractivity contribution in [3.63, 3.8) is 0 Å². The number of aliphatic carboxylic acids is 1. The van der Waals surface area contributed by atoms with E-state index < -0.39 is 34.0 Å². The number of carboxylic acid groups (broad SMARTS) is 1. The standard InChI is InChI=1S/C14H17NO6/c1-2-3-4-10(14(18)19)13(17)8-9-5-6-12(16)11(7-9)15(20)21/h5-7,10,16H,2-4,8H2,1H3,(H,18,19). The van der Waals surface area contributed by atoms with Gasteiger partial charge in [0.05, 0.1) is 4.92 Å². The molecule has 0 aliphatic heterocycles. The van der Waals surface area contributed by atoms with Crippen LogP contribution in [0.5, 0.6) is 5.75 Å². The van der Waals surface area contributed by atoms with Crippen LogP contribution in [0.1, 0.15) is 31.7 Å². The maximum atomic E-state index is 12.0. The Morgan fingerprint density at radius 1 is 1.38 bits per heavy atom. The third-order valence-corrected chi connectivity index (χ3v) is 3.15. The van der Waals surface area contributed by atoms with Gasteiger partial charge in [0.1, 0.15) is 5.92 Å². The van der Waals surface area contributed by atoms with Crippen molar-refractivity contribution in [2.24, 2.45) is 5.92 Å². The number of carboxylic acids is 1. The number of hydrogen-bond acceptors (Lipinski definition) is 5. The van der Waals surface area contributed by atoms with Crippen molar-refractivity contribution in [1.29, 1.82) is 0 Å². The van der Waals surface area contributed by atoms with Gasteiger partial charge in [-0.05, 0) is 18.1 Å². The number of carbonyl (C=O) groups is 2. The van der Waals surface area contributed by atoms with Gasteiger partial charge in [-0.3, -0.25) is 19.7 Å². The number of phenolic OH excluding ortho intramolecular Hbond substituents is 1. The van der Waals surface area contributed by atoms with Gasteiger partial charge in [-0.1, -0.05) is 25.8 Å². The van der Waals surface area contributed by atoms with Crippen molar-refractivity contribution in [1.82, 2.24) is 0 Å². The topological polar surface area (TPSA) is 118 Å². The molecule has 21 heavy (non-hydrogen) atoms. The summed E-state index contributed by atoms with van der Waals surface area (Å²) in [4.78, 5) is 33.1. The number of rotatable bonds is 8. The molecule has 0 bridgehead atoms. The molecule has 0 saturated carbocycles. The molecule has 114 valence electrons. The van der Waals surface area contributed by atoms with Gasteiger partial charge in [0.15, 0.2) is 11.5 Å². The first-order valence-electron chi connectivity index (χ1n) is 6.58. The summed E-state index contributed by atoms with van der Waals surface area (Å²) in [6.45, 7) is 1.90. The SMILES string of the molecule is CCCCC(C(=O)O)C(=O)Cc1ccc(O)c([N+](=O)[O-])c1. The van der Waals surface area contributed by atoms with E-state index in [1.54, 1.807) is 0 Å². The molecule has 0 aliphatic rings. The second-order valence-electron chi connectivity index (χ2n) is 4.76. The smallest absolute Gasteiger partial charge is 0.314 e. The van der Waals surface area contributed by atoms with Gasteiger partial charge in [-0.2, -0.15) is 0 Å². The van der Waals surface area contributed by atoms with Crippen LogP contribution in [0, 0.1) is 16.0 Å². The van der Waals surface area contributed by atoms with Crippen molar-refractivity contribution in [2.45, 2.75) is 32.6 Å². The first-order chi connectivity index (χ1) is 9.86. The predicted octanol–water partition coefficient (Wildman–Crippen LogP) is 2.30. The molecule has 1 unspecified atom stereocenters. The quantitative estimate of drug-likeness (QED) is 0.431. The van der Waals surface area contributed by atoms with E-state index in [-0.39, 0.29) is 12.8 Å². The van der Waals surface area contributed by atoms with Crippen molar-refractivity contribution < 1.29 is 24.7 Å². The zero-order valence-corrected chi connectivity index (χ0v) is 11.6. The largest absolute Gasteiger partial charge is 0.502 e. The fourth-order valence-electron chi connectivity index (χ4n) is 1.98. The Kier molecular flexibility index (Phi) is 5.83. The summed E-state index contributed by atoms with van der Waals surface area (Å²) in [6.07, 6.45) is 1.45. The predicted molar refractivity (Wildman–Crippen MR) is 74.1 cm³/mol. The van der Waals surface area contributed by atoms with Crippen LogP contribution < -0.4 is 0 Å². The third kappa shape index (κ3) is 4.55. The maximum Gasteiger partial charge on any atom is 0.314 e. The Hall–Kier alpha value is -2.44. The molecule has 1 atom stereocenters. The van der Waals surface area contributed by atoms with Crippen LogP contribution >= 0.6 is 0 Å². The van der Waals surface area contributed by atoms with Crippen molar-refractivity contribution in [2.75, 3.05) is 0 Å². The fraction of sp³-hybridized carbons (Fsp3) is 0.429. The lowest BCUT2D eigenvalue weighted by Gasteiger charge is -2.10. The van der Waals surface area contributed by atoms with E-state index in [0.717, 1.165) is 18.6 Å². The molecular formula is C14H17NO6. The second kappa shape index (κ2) is 7.37. The van der Waals surface area contributed by atoms with Crippen LogP contribution in [0.2, 0.25) is 0 Å². The maximum absolute atomic E-state index is 12.0. The summed E-state index contributed by atoms with van der Waals surface area (Å²) in [5, 5.41) is 29.1. The minimum absolute atomic E-state index is 0.207. The molecule has 0 saturated heterocycles. The van der Waals surface area contributed by atoms with Gasteiger partial charge in [0.2, 0.25) is 0 Å². The van der Waals surface area contributed by atoms with Crippen LogP contribution in [0.3, 0.4) is 0 Å². The Morgan fingerprint density at radius 3 is 2.57 bits per heavy atom. The van der Waals surface area contributed by atoms with E-state index in [0.29, 0.717) is 12.0 Å². The monoisotopic (exact) mass is 295 g/mol. The molecule has 0 spiro atoms. The summed E-state index contributed by atoms with van der Waals surface area (Å²) >= 11 is 0. The number of ketones is 1. The fourth-order valence-corrected chi connectivity index (χ4v) is 1.98. The number of unbranched alkanes of at least 4 members (excludes halogenated alkanes) is 1. The number of nitro groups is 1. The molecule has 0 aromatic heterocycles. The molecule has 1 aromatic carbocycles. The van der Waals surface area contributed by atoms with E-state index in [4.69, 9.17) is 5.11 Å². The zero-order valence-electron chi connectivity index (χ0n) is 11.6. The number of phenols is 1. The van der Waals surface area contributed by atoms with Gasteiger partial charge >= 0.3 is 11.7 Å². The lowest BCUT2D eigenvalue weighted by atomic mass is 9.93. The first kappa shape index (κ1) is 16.6. The molecule has 0 heterocycles. The first-order valence-corrected chi connectivity index (χ1v) is 6.58. The average molecular weight is 295 g/mol. The van der Waals surface area contributed by atoms with E-state index in [1.807, 2.05) is 6.92 Å². The summed E-state index contributed by atoms with van der Waals surface area (Å²) in [6, 6.07) is 3.59. The number of nitro benzene ring substituents is 1. The molecular weight excluding hydrogens is 278 g/mol. The number of aromatic hydroxyl groups is 1. The lowest BCUT2D eigenvalue weighted by molar-refractivity contribution is -0.385. The number of carbonyl (C=O) groups excluding carboxylic acids is 1. The second-order valence-corrected chi connectivity index (χ2v) is 4.76. The highest BCUT2D eigenvalue weighted by atomic mass is 16.6. The van der Waals surface area contributed by atoms with Crippen molar-refractivity contribution in [3.8, 4) is 5.75 Å². The molecule has 7 nitrogen and oxygen atoms in total. The molecule has 0 amide bonds. The van der Waals surface area contributed by atoms with Crippen LogP contribution in [-0.2, 0) is 16.0 Å². The minimum atomic E-state index is -1.18. The number of benzene rings is 1. The molecule has 2 N–H and O–H groups in total. The highest BCUT2D eigenvalue weighted by Crippen LogP contribution is 2.27. The van der Waals surface area contributed by atoms with Crippen LogP contribution in [0.15, 0.2) is 18.2 Å². The van der Waals surface area contributed by atoms with Gasteiger partial charge in [-0.25, -0.2) is 0 Å². The average Bonchev–Trinajstić information content (AvgIpc) is 2.40. The molecule has 1 aromatic rings. The van der Waals surface area contributed by atoms with Crippen LogP contribution in [-0.4, -0.2) is 26.9 Å². The van der Waals surface area contributed by atoms with Crippen LogP contribution in [0.25, 0.3) is 0 Å². The Balaban J connectivity index is 2.88. The lowest BCUT2D eigenvalue weighted by Crippen LogP contribution is -2.25. The van der Waals surface area contributed by atoms with E-state index >= 15 is 0 Å². The number of Topliss-reactive ketones (excluding diaryl/α,β-unsaturated/α-hetero) is 1. The third-order valence-electron chi connectivity index (χ3n) is 3.15. The van der Waals surface area contributed by atoms with E-state index in [1.165, 1.54) is 6.07 Å². The Labute approximate surface area is 121 Å². The summed E-state index contributed by atoms with van der Waals surface area (Å²) in [7, 11) is 0. The molecule has 0 radical (unpaired) electrons. The minimum Gasteiger partial charge on any atom is -0.502 e. The van der Waals surface area contributed by atoms with Gasteiger partial charge in [0, 0.05) is 12.5 Å². The van der Waals surface area contributed by atoms with E-state index in [2.05, 4.69) is 0 Å². The normalized spacial score (nSPS) is 11.9. The van der Waals surface area contributed by atoms with Gasteiger partial charge in [-0.15, -0.1) is 0 Å². The molecule has 0 aliphatic carbocycles. The van der Waals surface area contributed by atoms with Gasteiger partial charge < -0.3 is 10.2 Å². The molecule has 0 fully saturated rings. The highest BCUT2D eigenvalue weighted by molar-refractivity contribution is 5.99. The van der Waals surface area contributed by atoms with Crippen molar-refractivity contribution >= 4 is 17.4 Å². The summed E-state index contributed by atoms with van der Waals surface area (Å²) in [5.74, 6) is -3.26.